The molecular formula is C24H28N4O5S. The lowest BCUT2D eigenvalue weighted by Gasteiger charge is -2.36. The lowest BCUT2D eigenvalue weighted by molar-refractivity contribution is -0.149. The first kappa shape index (κ1) is 23.9. The van der Waals surface area contributed by atoms with Gasteiger partial charge in [0.2, 0.25) is 5.91 Å². The Kier molecular flexibility index (Phi) is 6.97. The number of amides is 4. The summed E-state index contributed by atoms with van der Waals surface area (Å²) in [5.74, 6) is -1.20. The van der Waals surface area contributed by atoms with Crippen LogP contribution in [-0.4, -0.2) is 45.8 Å². The maximum atomic E-state index is 13.0. The summed E-state index contributed by atoms with van der Waals surface area (Å²) in [4.78, 5) is 55.2. The molecule has 2 N–H and O–H groups in total. The molecule has 2 fully saturated rings. The summed E-state index contributed by atoms with van der Waals surface area (Å²) in [6.07, 6.45) is 3.44. The molecular weight excluding hydrogens is 456 g/mol. The lowest BCUT2D eigenvalue weighted by Crippen LogP contribution is -2.54. The van der Waals surface area contributed by atoms with Gasteiger partial charge in [-0.25, -0.2) is 9.78 Å². The first-order valence-corrected chi connectivity index (χ1v) is 12.2. The van der Waals surface area contributed by atoms with Gasteiger partial charge in [0.05, 0.1) is 12.1 Å². The zero-order chi connectivity index (χ0) is 24.3. The number of thiazole rings is 1. The number of rotatable bonds is 7. The Morgan fingerprint density at radius 2 is 2.03 bits per heavy atom. The number of anilines is 1. The highest BCUT2D eigenvalue weighted by Gasteiger charge is 2.55. The molecule has 34 heavy (non-hydrogen) atoms. The van der Waals surface area contributed by atoms with E-state index in [1.807, 2.05) is 38.1 Å². The zero-order valence-electron chi connectivity index (χ0n) is 19.3. The minimum Gasteiger partial charge on any atom is -0.458 e. The van der Waals surface area contributed by atoms with Crippen molar-refractivity contribution in [1.29, 1.82) is 0 Å². The summed E-state index contributed by atoms with van der Waals surface area (Å²) < 4.78 is 5.25. The molecule has 1 aromatic heterocycles. The van der Waals surface area contributed by atoms with Gasteiger partial charge in [-0.1, -0.05) is 37.5 Å². The number of aromatic nitrogens is 1. The first-order chi connectivity index (χ1) is 16.3. The number of nitrogens with one attached hydrogen (secondary N) is 2. The van der Waals surface area contributed by atoms with Gasteiger partial charge in [0, 0.05) is 11.1 Å². The van der Waals surface area contributed by atoms with Gasteiger partial charge >= 0.3 is 12.0 Å². The molecule has 1 aromatic carbocycles. The number of ether oxygens (including phenoxy) is 1. The standard InChI is InChI=1S/C24H28N4O5S/c1-15-6-8-17(9-7-15)25-19(29)11-20-26-18(14-34-20)13-33-21(30)12-28-22(31)24(27-23(28)32)10-4-3-5-16(24)2/h6-9,14,16H,3-5,10-13H2,1-2H3,(H,25,29)(H,27,32). The monoisotopic (exact) mass is 484 g/mol. The molecule has 2 aromatic rings. The number of benzene rings is 1. The number of esters is 1. The van der Waals surface area contributed by atoms with Crippen LogP contribution in [0.1, 0.15) is 48.9 Å². The summed E-state index contributed by atoms with van der Waals surface area (Å²) in [6.45, 7) is 3.40. The van der Waals surface area contributed by atoms with Crippen LogP contribution in [0.4, 0.5) is 10.5 Å². The average molecular weight is 485 g/mol. The number of nitrogens with zero attached hydrogens (tertiary/aromatic N) is 2. The highest BCUT2D eigenvalue weighted by Crippen LogP contribution is 2.38. The summed E-state index contributed by atoms with van der Waals surface area (Å²) in [7, 11) is 0. The molecule has 1 aliphatic heterocycles. The molecule has 0 radical (unpaired) electrons. The Bertz CT molecular complexity index is 1100. The molecule has 4 amide bonds. The molecule has 180 valence electrons. The van der Waals surface area contributed by atoms with Crippen molar-refractivity contribution in [2.45, 2.75) is 58.1 Å². The van der Waals surface area contributed by atoms with Crippen LogP contribution in [0.25, 0.3) is 0 Å². The summed E-state index contributed by atoms with van der Waals surface area (Å²) >= 11 is 1.30. The number of hydrogen-bond donors (Lipinski definition) is 2. The van der Waals surface area contributed by atoms with Crippen molar-refractivity contribution < 1.29 is 23.9 Å². The quantitative estimate of drug-likeness (QED) is 0.460. The number of imide groups is 1. The Labute approximate surface area is 201 Å². The number of urea groups is 1. The van der Waals surface area contributed by atoms with Crippen molar-refractivity contribution >= 4 is 40.8 Å². The van der Waals surface area contributed by atoms with E-state index in [9.17, 15) is 19.2 Å². The van der Waals surface area contributed by atoms with E-state index in [1.165, 1.54) is 11.3 Å². The molecule has 4 rings (SSSR count). The minimum absolute atomic E-state index is 0.0235. The molecule has 1 saturated heterocycles. The number of carbonyl (C=O) groups is 4. The summed E-state index contributed by atoms with van der Waals surface area (Å²) in [6, 6.07) is 6.96. The molecule has 1 spiro atoms. The maximum Gasteiger partial charge on any atom is 0.326 e. The van der Waals surface area contributed by atoms with Gasteiger partial charge < -0.3 is 15.4 Å². The molecule has 1 aliphatic carbocycles. The Morgan fingerprint density at radius 3 is 2.76 bits per heavy atom. The predicted octanol–water partition coefficient (Wildman–Crippen LogP) is 3.18. The molecule has 2 unspecified atom stereocenters. The number of aryl methyl sites for hydroxylation is 1. The maximum absolute atomic E-state index is 13.0. The molecule has 0 bridgehead atoms. The third-order valence-electron chi connectivity index (χ3n) is 6.42. The number of hydrogen-bond acceptors (Lipinski definition) is 7. The normalized spacial score (nSPS) is 22.1. The van der Waals surface area contributed by atoms with Gasteiger partial charge in [0.25, 0.3) is 5.91 Å². The van der Waals surface area contributed by atoms with Crippen molar-refractivity contribution in [3.63, 3.8) is 0 Å². The molecule has 2 atom stereocenters. The van der Waals surface area contributed by atoms with Crippen molar-refractivity contribution in [1.82, 2.24) is 15.2 Å². The predicted molar refractivity (Wildman–Crippen MR) is 126 cm³/mol. The summed E-state index contributed by atoms with van der Waals surface area (Å²) in [5.41, 5.74) is 1.42. The third-order valence-corrected chi connectivity index (χ3v) is 7.31. The zero-order valence-corrected chi connectivity index (χ0v) is 20.1. The van der Waals surface area contributed by atoms with Crippen LogP contribution in [0.2, 0.25) is 0 Å². The highest BCUT2D eigenvalue weighted by atomic mass is 32.1. The van der Waals surface area contributed by atoms with E-state index in [2.05, 4.69) is 15.6 Å². The van der Waals surface area contributed by atoms with Crippen molar-refractivity contribution in [3.05, 3.63) is 45.9 Å². The van der Waals surface area contributed by atoms with E-state index in [1.54, 1.807) is 5.38 Å². The molecule has 1 saturated carbocycles. The second-order valence-corrected chi connectivity index (χ2v) is 9.87. The Morgan fingerprint density at radius 1 is 1.26 bits per heavy atom. The smallest absolute Gasteiger partial charge is 0.326 e. The topological polar surface area (TPSA) is 118 Å². The van der Waals surface area contributed by atoms with E-state index in [0.717, 1.165) is 29.7 Å². The van der Waals surface area contributed by atoms with Crippen LogP contribution >= 0.6 is 11.3 Å². The highest BCUT2D eigenvalue weighted by molar-refractivity contribution is 7.09. The van der Waals surface area contributed by atoms with Gasteiger partial charge in [-0.3, -0.25) is 19.3 Å². The van der Waals surface area contributed by atoms with Gasteiger partial charge in [-0.2, -0.15) is 0 Å². The van der Waals surface area contributed by atoms with Crippen LogP contribution < -0.4 is 10.6 Å². The SMILES string of the molecule is Cc1ccc(NC(=O)Cc2nc(COC(=O)CN3C(=O)NC4(CCCCC4C)C3=O)cs2)cc1. The van der Waals surface area contributed by atoms with E-state index in [-0.39, 0.29) is 30.8 Å². The Hall–Kier alpha value is -3.27. The lowest BCUT2D eigenvalue weighted by atomic mass is 9.73. The molecule has 10 heteroatoms. The van der Waals surface area contributed by atoms with E-state index >= 15 is 0 Å². The second kappa shape index (κ2) is 9.92. The molecule has 9 nitrogen and oxygen atoms in total. The minimum atomic E-state index is -0.904. The van der Waals surface area contributed by atoms with Crippen LogP contribution in [-0.2, 0) is 32.1 Å². The first-order valence-electron chi connectivity index (χ1n) is 11.4. The summed E-state index contributed by atoms with van der Waals surface area (Å²) in [5, 5.41) is 7.95. The van der Waals surface area contributed by atoms with Crippen molar-refractivity contribution in [2.75, 3.05) is 11.9 Å². The fourth-order valence-corrected chi connectivity index (χ4v) is 5.22. The fraction of sp³-hybridized carbons (Fsp3) is 0.458. The van der Waals surface area contributed by atoms with Gasteiger partial charge in [-0.05, 0) is 37.8 Å². The third kappa shape index (κ3) is 5.11. The van der Waals surface area contributed by atoms with E-state index in [4.69, 9.17) is 4.74 Å². The van der Waals surface area contributed by atoms with Crippen LogP contribution in [0.15, 0.2) is 29.6 Å². The fourth-order valence-electron chi connectivity index (χ4n) is 4.44. The molecule has 2 heterocycles. The van der Waals surface area contributed by atoms with E-state index in [0.29, 0.717) is 22.8 Å². The van der Waals surface area contributed by atoms with Gasteiger partial charge in [0.1, 0.15) is 23.7 Å². The van der Waals surface area contributed by atoms with Crippen LogP contribution in [0.3, 0.4) is 0 Å². The molecule has 2 aliphatic rings. The van der Waals surface area contributed by atoms with Crippen LogP contribution in [0, 0.1) is 12.8 Å². The van der Waals surface area contributed by atoms with Gasteiger partial charge in [-0.15, -0.1) is 11.3 Å². The average Bonchev–Trinajstić information content (AvgIpc) is 3.34. The Balaban J connectivity index is 1.26. The second-order valence-electron chi connectivity index (χ2n) is 8.92. The van der Waals surface area contributed by atoms with Crippen LogP contribution in [0.5, 0.6) is 0 Å². The largest absolute Gasteiger partial charge is 0.458 e. The van der Waals surface area contributed by atoms with E-state index < -0.39 is 24.1 Å². The van der Waals surface area contributed by atoms with Crippen molar-refractivity contribution in [3.8, 4) is 0 Å². The van der Waals surface area contributed by atoms with Crippen molar-refractivity contribution in [2.24, 2.45) is 5.92 Å². The number of carbonyl (C=O) groups excluding carboxylic acids is 4. The van der Waals surface area contributed by atoms with Gasteiger partial charge in [0.15, 0.2) is 0 Å².